The molecule has 4 aromatic carbocycles. The first kappa shape index (κ1) is 19.5. The maximum atomic E-state index is 2.53. The first-order valence-electron chi connectivity index (χ1n) is 12.1. The lowest BCUT2D eigenvalue weighted by atomic mass is 9.95. The second kappa shape index (κ2) is 6.80. The third kappa shape index (κ3) is 2.48. The predicted molar refractivity (Wildman–Crippen MR) is 144 cm³/mol. The first-order valence-corrected chi connectivity index (χ1v) is 12.1. The summed E-state index contributed by atoms with van der Waals surface area (Å²) in [6.45, 7) is 6.82. The lowest BCUT2D eigenvalue weighted by Crippen LogP contribution is -2.29. The summed E-state index contributed by atoms with van der Waals surface area (Å²) in [7, 11) is 2.18. The van der Waals surface area contributed by atoms with E-state index >= 15 is 0 Å². The van der Waals surface area contributed by atoms with Crippen molar-refractivity contribution in [2.75, 3.05) is 0 Å². The Kier molecular flexibility index (Phi) is 3.91. The second-order valence-electron chi connectivity index (χ2n) is 10.0. The normalized spacial score (nSPS) is 12.4. The van der Waals surface area contributed by atoms with E-state index in [4.69, 9.17) is 0 Å². The number of aryl methyl sites for hydroxylation is 2. The van der Waals surface area contributed by atoms with Crippen molar-refractivity contribution in [3.05, 3.63) is 96.2 Å². The third-order valence-corrected chi connectivity index (χ3v) is 7.63. The summed E-state index contributed by atoms with van der Waals surface area (Å²) >= 11 is 0. The van der Waals surface area contributed by atoms with Gasteiger partial charge in [-0.25, -0.2) is 4.57 Å². The van der Waals surface area contributed by atoms with Crippen molar-refractivity contribution in [3.63, 3.8) is 0 Å². The molecule has 0 saturated heterocycles. The molecule has 3 aromatic heterocycles. The van der Waals surface area contributed by atoms with Crippen LogP contribution in [0.25, 0.3) is 60.1 Å². The molecule has 0 N–H and O–H groups in total. The van der Waals surface area contributed by atoms with Crippen LogP contribution in [0.2, 0.25) is 0 Å². The van der Waals surface area contributed by atoms with Gasteiger partial charge in [0.2, 0.25) is 5.52 Å². The summed E-state index contributed by atoms with van der Waals surface area (Å²) in [5.41, 5.74) is 10.5. The number of aromatic nitrogens is 2. The van der Waals surface area contributed by atoms with Gasteiger partial charge in [-0.05, 0) is 58.7 Å². The zero-order valence-electron chi connectivity index (χ0n) is 20.1. The predicted octanol–water partition coefficient (Wildman–Crippen LogP) is 7.91. The van der Waals surface area contributed by atoms with Gasteiger partial charge in [0.05, 0.1) is 27.3 Å². The minimum Gasteiger partial charge on any atom is -0.307 e. The highest BCUT2D eigenvalue weighted by Crippen LogP contribution is 2.42. The van der Waals surface area contributed by atoms with Gasteiger partial charge in [-0.15, -0.1) is 0 Å². The van der Waals surface area contributed by atoms with Gasteiger partial charge in [-0.1, -0.05) is 68.4 Å². The van der Waals surface area contributed by atoms with Crippen LogP contribution in [0, 0.1) is 6.92 Å². The van der Waals surface area contributed by atoms with Gasteiger partial charge in [0.15, 0.2) is 6.20 Å². The van der Waals surface area contributed by atoms with Crippen molar-refractivity contribution in [2.24, 2.45) is 7.05 Å². The van der Waals surface area contributed by atoms with Gasteiger partial charge in [0.1, 0.15) is 7.05 Å². The summed E-state index contributed by atoms with van der Waals surface area (Å²) in [6, 6.07) is 29.4. The largest absolute Gasteiger partial charge is 0.307 e. The topological polar surface area (TPSA) is 8.29 Å². The van der Waals surface area contributed by atoms with Gasteiger partial charge in [-0.2, -0.15) is 0 Å². The molecular formula is C32H27N2+. The van der Waals surface area contributed by atoms with E-state index in [2.05, 4.69) is 122 Å². The molecule has 0 spiro atoms. The zero-order valence-corrected chi connectivity index (χ0v) is 20.1. The molecule has 7 rings (SSSR count). The van der Waals surface area contributed by atoms with Crippen LogP contribution in [-0.4, -0.2) is 4.40 Å². The van der Waals surface area contributed by atoms with Crippen molar-refractivity contribution >= 4 is 49.0 Å². The van der Waals surface area contributed by atoms with Gasteiger partial charge >= 0.3 is 0 Å². The zero-order chi connectivity index (χ0) is 23.1. The molecule has 7 aromatic rings. The van der Waals surface area contributed by atoms with E-state index < -0.39 is 0 Å². The second-order valence-corrected chi connectivity index (χ2v) is 10.0. The van der Waals surface area contributed by atoms with Crippen LogP contribution in [-0.2, 0) is 7.05 Å². The molecule has 0 amide bonds. The number of hydrogen-bond acceptors (Lipinski definition) is 0. The number of hydrogen-bond donors (Lipinski definition) is 0. The molecule has 0 unspecified atom stereocenters. The molecule has 0 radical (unpaired) electrons. The van der Waals surface area contributed by atoms with E-state index in [9.17, 15) is 0 Å². The quantitative estimate of drug-likeness (QED) is 0.147. The van der Waals surface area contributed by atoms with E-state index in [0.717, 1.165) is 0 Å². The Balaban J connectivity index is 1.77. The van der Waals surface area contributed by atoms with E-state index in [-0.39, 0.29) is 0 Å². The maximum absolute atomic E-state index is 2.53. The average molecular weight is 440 g/mol. The molecule has 2 nitrogen and oxygen atoms in total. The van der Waals surface area contributed by atoms with Crippen LogP contribution in [0.1, 0.15) is 30.9 Å². The van der Waals surface area contributed by atoms with Gasteiger partial charge in [0, 0.05) is 16.8 Å². The fourth-order valence-electron chi connectivity index (χ4n) is 5.88. The molecule has 0 bridgehead atoms. The summed E-state index contributed by atoms with van der Waals surface area (Å²) < 4.78 is 4.84. The Hall–Kier alpha value is -3.91. The monoisotopic (exact) mass is 439 g/mol. The fraction of sp³-hybridized carbons (Fsp3) is 0.156. The van der Waals surface area contributed by atoms with Crippen LogP contribution in [0.3, 0.4) is 0 Å². The first-order chi connectivity index (χ1) is 16.5. The highest BCUT2D eigenvalue weighted by molar-refractivity contribution is 6.26. The Morgan fingerprint density at radius 2 is 1.56 bits per heavy atom. The summed E-state index contributed by atoms with van der Waals surface area (Å²) in [4.78, 5) is 0. The Bertz CT molecular complexity index is 1890. The minimum atomic E-state index is 0.471. The van der Waals surface area contributed by atoms with Crippen molar-refractivity contribution in [1.29, 1.82) is 0 Å². The van der Waals surface area contributed by atoms with E-state index in [1.165, 1.54) is 71.3 Å². The highest BCUT2D eigenvalue weighted by Gasteiger charge is 2.24. The molecule has 0 aliphatic carbocycles. The molecule has 0 aliphatic rings. The number of rotatable bonds is 2. The van der Waals surface area contributed by atoms with E-state index in [1.54, 1.807) is 0 Å². The van der Waals surface area contributed by atoms with Gasteiger partial charge in [0.25, 0.3) is 0 Å². The van der Waals surface area contributed by atoms with E-state index in [0.29, 0.717) is 5.92 Å². The van der Waals surface area contributed by atoms with Crippen molar-refractivity contribution < 1.29 is 4.57 Å². The Morgan fingerprint density at radius 3 is 2.35 bits per heavy atom. The van der Waals surface area contributed by atoms with Crippen molar-refractivity contribution in [1.82, 2.24) is 4.40 Å². The van der Waals surface area contributed by atoms with Crippen LogP contribution >= 0.6 is 0 Å². The fourth-order valence-corrected chi connectivity index (χ4v) is 5.88. The minimum absolute atomic E-state index is 0.471. The molecule has 2 heteroatoms. The van der Waals surface area contributed by atoms with Gasteiger partial charge < -0.3 is 4.40 Å². The SMILES string of the molecule is Cc1ccc2c3cc(-c4ccccc4)ccc3n3c4cc(C(C)C)cc5cc[n+](C)c(c1c23)c54. The summed E-state index contributed by atoms with van der Waals surface area (Å²) in [6.07, 6.45) is 2.22. The van der Waals surface area contributed by atoms with Crippen molar-refractivity contribution in [2.45, 2.75) is 26.7 Å². The molecule has 34 heavy (non-hydrogen) atoms. The smallest absolute Gasteiger partial charge is 0.224 e. The molecule has 164 valence electrons. The molecule has 3 heterocycles. The Labute approximate surface area is 199 Å². The molecule has 0 fully saturated rings. The van der Waals surface area contributed by atoms with Crippen LogP contribution in [0.5, 0.6) is 0 Å². The summed E-state index contributed by atoms with van der Waals surface area (Å²) in [5.74, 6) is 0.471. The standard InChI is InChI=1S/C32H27N2/c1-19(2)24-16-23-14-15-33(4)32-29-20(3)10-12-25-26-17-22(21-8-6-5-7-9-21)11-13-27(26)34(31(25)29)28(18-24)30(23)32/h5-19H,1-4H3/q+1. The van der Waals surface area contributed by atoms with Gasteiger partial charge in [-0.3, -0.25) is 0 Å². The lowest BCUT2D eigenvalue weighted by Gasteiger charge is -2.15. The van der Waals surface area contributed by atoms with Crippen LogP contribution in [0.4, 0.5) is 0 Å². The van der Waals surface area contributed by atoms with Crippen LogP contribution < -0.4 is 4.57 Å². The number of benzene rings is 4. The third-order valence-electron chi connectivity index (χ3n) is 7.63. The lowest BCUT2D eigenvalue weighted by molar-refractivity contribution is -0.643. The molecular weight excluding hydrogens is 412 g/mol. The van der Waals surface area contributed by atoms with Crippen molar-refractivity contribution in [3.8, 4) is 11.1 Å². The maximum Gasteiger partial charge on any atom is 0.224 e. The average Bonchev–Trinajstić information content (AvgIpc) is 3.18. The Morgan fingerprint density at radius 1 is 0.735 bits per heavy atom. The van der Waals surface area contributed by atoms with Crippen LogP contribution in [0.15, 0.2) is 85.1 Å². The van der Waals surface area contributed by atoms with E-state index in [1.807, 2.05) is 0 Å². The number of pyridine rings is 2. The molecule has 0 atom stereocenters. The molecule has 0 aliphatic heterocycles. The highest BCUT2D eigenvalue weighted by atomic mass is 15.0. The summed E-state index contributed by atoms with van der Waals surface area (Å²) in [5, 5.41) is 6.66. The number of fused-ring (bicyclic) bond motifs is 5. The number of nitrogens with zero attached hydrogens (tertiary/aromatic N) is 2. The molecule has 0 saturated carbocycles.